The molecule has 2 aromatic heterocycles. The molecule has 6 heteroatoms. The van der Waals surface area contributed by atoms with E-state index in [-0.39, 0.29) is 11.9 Å². The SMILES string of the molecule is COc1ccc(C(=O)NC[C@@H](c2ccsc2)n2cccn2)cc1. The van der Waals surface area contributed by atoms with Crippen LogP contribution in [-0.2, 0) is 0 Å². The molecule has 1 amide bonds. The van der Waals surface area contributed by atoms with E-state index in [2.05, 4.69) is 21.9 Å². The zero-order chi connectivity index (χ0) is 16.1. The lowest BCUT2D eigenvalue weighted by Gasteiger charge is -2.17. The Morgan fingerprint density at radius 3 is 2.78 bits per heavy atom. The van der Waals surface area contributed by atoms with Crippen molar-refractivity contribution in [3.8, 4) is 5.75 Å². The van der Waals surface area contributed by atoms with Crippen molar-refractivity contribution in [3.63, 3.8) is 0 Å². The van der Waals surface area contributed by atoms with Crippen molar-refractivity contribution in [1.82, 2.24) is 15.1 Å². The fourth-order valence-corrected chi connectivity index (χ4v) is 3.03. The number of nitrogens with zero attached hydrogens (tertiary/aromatic N) is 2. The summed E-state index contributed by atoms with van der Waals surface area (Å²) in [5, 5.41) is 11.4. The van der Waals surface area contributed by atoms with Gasteiger partial charge in [0.1, 0.15) is 5.75 Å². The summed E-state index contributed by atoms with van der Waals surface area (Å²) >= 11 is 1.63. The van der Waals surface area contributed by atoms with Crippen LogP contribution in [0.15, 0.2) is 59.6 Å². The van der Waals surface area contributed by atoms with Gasteiger partial charge in [-0.15, -0.1) is 0 Å². The third-order valence-electron chi connectivity index (χ3n) is 3.58. The molecule has 0 spiro atoms. The number of nitrogens with one attached hydrogen (secondary N) is 1. The van der Waals surface area contributed by atoms with Crippen LogP contribution in [0.3, 0.4) is 0 Å². The molecule has 1 aromatic carbocycles. The van der Waals surface area contributed by atoms with Crippen LogP contribution >= 0.6 is 11.3 Å². The highest BCUT2D eigenvalue weighted by Gasteiger charge is 2.16. The van der Waals surface area contributed by atoms with Crippen molar-refractivity contribution < 1.29 is 9.53 Å². The van der Waals surface area contributed by atoms with Crippen molar-refractivity contribution in [2.24, 2.45) is 0 Å². The molecular weight excluding hydrogens is 310 g/mol. The first-order chi connectivity index (χ1) is 11.3. The van der Waals surface area contributed by atoms with E-state index in [0.717, 1.165) is 11.3 Å². The molecule has 2 heterocycles. The predicted molar refractivity (Wildman–Crippen MR) is 90.0 cm³/mol. The number of benzene rings is 1. The standard InChI is InChI=1S/C17H17N3O2S/c1-22-15-5-3-13(4-6-15)17(21)18-11-16(14-7-10-23-12-14)20-9-2-8-19-20/h2-10,12,16H,11H2,1H3,(H,18,21)/t16-/m0/s1. The number of hydrogen-bond donors (Lipinski definition) is 1. The highest BCUT2D eigenvalue weighted by Crippen LogP contribution is 2.20. The molecule has 0 aliphatic carbocycles. The monoisotopic (exact) mass is 327 g/mol. The predicted octanol–water partition coefficient (Wildman–Crippen LogP) is 2.97. The first-order valence-corrected chi connectivity index (χ1v) is 8.15. The molecule has 23 heavy (non-hydrogen) atoms. The van der Waals surface area contributed by atoms with Crippen LogP contribution in [-0.4, -0.2) is 29.3 Å². The normalized spacial score (nSPS) is 11.9. The topological polar surface area (TPSA) is 56.1 Å². The molecule has 3 rings (SSSR count). The molecule has 0 fully saturated rings. The van der Waals surface area contributed by atoms with Gasteiger partial charge in [-0.25, -0.2) is 0 Å². The lowest BCUT2D eigenvalue weighted by atomic mass is 10.1. The Hall–Kier alpha value is -2.60. The van der Waals surface area contributed by atoms with Crippen molar-refractivity contribution in [2.75, 3.05) is 13.7 Å². The van der Waals surface area contributed by atoms with Gasteiger partial charge in [0.15, 0.2) is 0 Å². The Balaban J connectivity index is 1.70. The number of thiophene rings is 1. The van der Waals surface area contributed by atoms with Gasteiger partial charge in [0, 0.05) is 24.5 Å². The molecular formula is C17H17N3O2S. The zero-order valence-corrected chi connectivity index (χ0v) is 13.5. The highest BCUT2D eigenvalue weighted by atomic mass is 32.1. The fourth-order valence-electron chi connectivity index (χ4n) is 2.33. The smallest absolute Gasteiger partial charge is 0.251 e. The molecule has 0 aliphatic heterocycles. The number of methoxy groups -OCH3 is 1. The molecule has 0 saturated heterocycles. The molecule has 0 bridgehead atoms. The van der Waals surface area contributed by atoms with Crippen LogP contribution in [0.25, 0.3) is 0 Å². The van der Waals surface area contributed by atoms with Crippen molar-refractivity contribution in [3.05, 3.63) is 70.7 Å². The molecule has 1 N–H and O–H groups in total. The number of aromatic nitrogens is 2. The minimum Gasteiger partial charge on any atom is -0.497 e. The lowest BCUT2D eigenvalue weighted by Crippen LogP contribution is -2.31. The quantitative estimate of drug-likeness (QED) is 0.757. The second kappa shape index (κ2) is 7.11. The van der Waals surface area contributed by atoms with Gasteiger partial charge in [0.05, 0.1) is 13.2 Å². The summed E-state index contributed by atoms with van der Waals surface area (Å²) in [6.45, 7) is 0.475. The maximum absolute atomic E-state index is 12.3. The maximum atomic E-state index is 12.3. The molecule has 0 unspecified atom stereocenters. The van der Waals surface area contributed by atoms with Crippen LogP contribution in [0.5, 0.6) is 5.75 Å². The van der Waals surface area contributed by atoms with Gasteiger partial charge < -0.3 is 10.1 Å². The van der Waals surface area contributed by atoms with E-state index >= 15 is 0 Å². The summed E-state index contributed by atoms with van der Waals surface area (Å²) in [5.74, 6) is 0.620. The van der Waals surface area contributed by atoms with E-state index in [0.29, 0.717) is 12.1 Å². The molecule has 0 aliphatic rings. The second-order valence-corrected chi connectivity index (χ2v) is 5.78. The Kier molecular flexibility index (Phi) is 4.73. The maximum Gasteiger partial charge on any atom is 0.251 e. The summed E-state index contributed by atoms with van der Waals surface area (Å²) in [5.41, 5.74) is 1.74. The molecule has 118 valence electrons. The third kappa shape index (κ3) is 3.60. The first-order valence-electron chi connectivity index (χ1n) is 7.21. The van der Waals surface area contributed by atoms with Gasteiger partial charge in [-0.05, 0) is 52.7 Å². The van der Waals surface area contributed by atoms with Gasteiger partial charge in [-0.3, -0.25) is 9.48 Å². The van der Waals surface area contributed by atoms with Gasteiger partial charge >= 0.3 is 0 Å². The molecule has 0 radical (unpaired) electrons. The van der Waals surface area contributed by atoms with Crippen molar-refractivity contribution in [1.29, 1.82) is 0 Å². The van der Waals surface area contributed by atoms with E-state index < -0.39 is 0 Å². The number of ether oxygens (including phenoxy) is 1. The van der Waals surface area contributed by atoms with E-state index in [1.165, 1.54) is 0 Å². The Morgan fingerprint density at radius 1 is 1.35 bits per heavy atom. The average Bonchev–Trinajstić information content (AvgIpc) is 3.29. The van der Waals surface area contributed by atoms with Gasteiger partial charge in [-0.2, -0.15) is 16.4 Å². The van der Waals surface area contributed by atoms with Gasteiger partial charge in [0.25, 0.3) is 5.91 Å². The van der Waals surface area contributed by atoms with Crippen molar-refractivity contribution >= 4 is 17.2 Å². The van der Waals surface area contributed by atoms with E-state index in [9.17, 15) is 4.79 Å². The highest BCUT2D eigenvalue weighted by molar-refractivity contribution is 7.07. The number of rotatable bonds is 6. The van der Waals surface area contributed by atoms with Crippen LogP contribution in [0, 0.1) is 0 Å². The molecule has 5 nitrogen and oxygen atoms in total. The molecule has 3 aromatic rings. The summed E-state index contributed by atoms with van der Waals surface area (Å²) in [7, 11) is 1.60. The number of hydrogen-bond acceptors (Lipinski definition) is 4. The number of amides is 1. The van der Waals surface area contributed by atoms with Crippen LogP contribution in [0.4, 0.5) is 0 Å². The summed E-state index contributed by atoms with van der Waals surface area (Å²) in [4.78, 5) is 12.3. The number of carbonyl (C=O) groups is 1. The summed E-state index contributed by atoms with van der Waals surface area (Å²) in [6, 6.07) is 11.0. The number of carbonyl (C=O) groups excluding carboxylic acids is 1. The Labute approximate surface area is 138 Å². The summed E-state index contributed by atoms with van der Waals surface area (Å²) < 4.78 is 6.96. The van der Waals surface area contributed by atoms with Crippen molar-refractivity contribution in [2.45, 2.75) is 6.04 Å². The largest absolute Gasteiger partial charge is 0.497 e. The second-order valence-electron chi connectivity index (χ2n) is 5.00. The molecule has 1 atom stereocenters. The average molecular weight is 327 g/mol. The zero-order valence-electron chi connectivity index (χ0n) is 12.7. The minimum absolute atomic E-state index is 0.0153. The Morgan fingerprint density at radius 2 is 2.17 bits per heavy atom. The summed E-state index contributed by atoms with van der Waals surface area (Å²) in [6.07, 6.45) is 3.65. The van der Waals surface area contributed by atoms with Crippen LogP contribution in [0.1, 0.15) is 22.0 Å². The Bertz CT molecular complexity index is 703. The lowest BCUT2D eigenvalue weighted by molar-refractivity contribution is 0.0949. The van der Waals surface area contributed by atoms with Gasteiger partial charge in [0.2, 0.25) is 0 Å². The molecule has 0 saturated carbocycles. The van der Waals surface area contributed by atoms with Crippen LogP contribution < -0.4 is 10.1 Å². The third-order valence-corrected chi connectivity index (χ3v) is 4.28. The van der Waals surface area contributed by atoms with E-state index in [1.807, 2.05) is 22.3 Å². The van der Waals surface area contributed by atoms with Gasteiger partial charge in [-0.1, -0.05) is 0 Å². The first kappa shape index (κ1) is 15.3. The van der Waals surface area contributed by atoms with Crippen LogP contribution in [0.2, 0.25) is 0 Å². The fraction of sp³-hybridized carbons (Fsp3) is 0.176. The van der Waals surface area contributed by atoms with E-state index in [1.54, 1.807) is 48.9 Å². The van der Waals surface area contributed by atoms with E-state index in [4.69, 9.17) is 4.74 Å². The minimum atomic E-state index is -0.111.